The predicted molar refractivity (Wildman–Crippen MR) is 81.2 cm³/mol. The molecular weight excluding hydrogens is 268 g/mol. The van der Waals surface area contributed by atoms with Gasteiger partial charge in [0.05, 0.1) is 12.0 Å². The van der Waals surface area contributed by atoms with Crippen LogP contribution in [-0.4, -0.2) is 40.1 Å². The molecule has 0 radical (unpaired) electrons. The number of amides is 2. The Bertz CT molecular complexity index is 378. The molecule has 0 aromatic heterocycles. The lowest BCUT2D eigenvalue weighted by atomic mass is 9.79. The Morgan fingerprint density at radius 2 is 1.90 bits per heavy atom. The lowest BCUT2D eigenvalue weighted by Crippen LogP contribution is -2.57. The van der Waals surface area contributed by atoms with Crippen LogP contribution in [0.1, 0.15) is 71.1 Å². The van der Waals surface area contributed by atoms with Gasteiger partial charge in [-0.2, -0.15) is 0 Å². The molecular formula is C16H28N2O3. The van der Waals surface area contributed by atoms with Gasteiger partial charge in [-0.1, -0.05) is 26.2 Å². The second kappa shape index (κ2) is 7.14. The molecule has 2 fully saturated rings. The second-order valence-electron chi connectivity index (χ2n) is 6.59. The maximum Gasteiger partial charge on any atom is 0.318 e. The third-order valence-electron chi connectivity index (χ3n) is 5.03. The third-order valence-corrected chi connectivity index (χ3v) is 5.03. The van der Waals surface area contributed by atoms with Crippen LogP contribution in [0.15, 0.2) is 0 Å². The highest BCUT2D eigenvalue weighted by molar-refractivity contribution is 5.77. The van der Waals surface area contributed by atoms with Crippen LogP contribution in [0.4, 0.5) is 4.79 Å². The number of hydrogen-bond donors (Lipinski definition) is 2. The number of carboxylic acid groups (broad SMARTS) is 1. The van der Waals surface area contributed by atoms with E-state index in [9.17, 15) is 14.7 Å². The van der Waals surface area contributed by atoms with E-state index < -0.39 is 11.5 Å². The molecule has 2 N–H and O–H groups in total. The van der Waals surface area contributed by atoms with E-state index in [0.29, 0.717) is 6.04 Å². The van der Waals surface area contributed by atoms with Crippen molar-refractivity contribution in [2.24, 2.45) is 0 Å². The van der Waals surface area contributed by atoms with Crippen molar-refractivity contribution in [3.8, 4) is 0 Å². The van der Waals surface area contributed by atoms with E-state index in [1.807, 2.05) is 4.90 Å². The van der Waals surface area contributed by atoms with Gasteiger partial charge in [0.1, 0.15) is 0 Å². The zero-order valence-corrected chi connectivity index (χ0v) is 13.1. The zero-order chi connectivity index (χ0) is 15.3. The predicted octanol–water partition coefficient (Wildman–Crippen LogP) is 3.14. The highest BCUT2D eigenvalue weighted by Crippen LogP contribution is 2.32. The fourth-order valence-corrected chi connectivity index (χ4v) is 3.86. The number of nitrogens with one attached hydrogen (secondary N) is 1. The molecule has 0 bridgehead atoms. The SMILES string of the molecule is CCC1CCCCN1C(=O)NC1(CC(=O)O)CCCCC1. The number of piperidine rings is 1. The van der Waals surface area contributed by atoms with Crippen molar-refractivity contribution in [3.63, 3.8) is 0 Å². The molecule has 5 nitrogen and oxygen atoms in total. The van der Waals surface area contributed by atoms with Gasteiger partial charge in [0.15, 0.2) is 0 Å². The molecule has 1 heterocycles. The van der Waals surface area contributed by atoms with Crippen LogP contribution in [-0.2, 0) is 4.79 Å². The summed E-state index contributed by atoms with van der Waals surface area (Å²) in [6, 6.07) is 0.258. The summed E-state index contributed by atoms with van der Waals surface area (Å²) in [4.78, 5) is 25.8. The quantitative estimate of drug-likeness (QED) is 0.837. The fraction of sp³-hybridized carbons (Fsp3) is 0.875. The van der Waals surface area contributed by atoms with Crippen LogP contribution < -0.4 is 5.32 Å². The molecule has 21 heavy (non-hydrogen) atoms. The van der Waals surface area contributed by atoms with Crippen molar-refractivity contribution in [2.75, 3.05) is 6.54 Å². The molecule has 1 saturated carbocycles. The zero-order valence-electron chi connectivity index (χ0n) is 13.1. The maximum atomic E-state index is 12.6. The molecule has 2 aliphatic rings. The van der Waals surface area contributed by atoms with Gasteiger partial charge < -0.3 is 15.3 Å². The van der Waals surface area contributed by atoms with Crippen molar-refractivity contribution >= 4 is 12.0 Å². The van der Waals surface area contributed by atoms with Crippen molar-refractivity contribution in [1.29, 1.82) is 0 Å². The molecule has 5 heteroatoms. The van der Waals surface area contributed by atoms with Crippen LogP contribution in [0.5, 0.6) is 0 Å². The smallest absolute Gasteiger partial charge is 0.318 e. The number of carbonyl (C=O) groups excluding carboxylic acids is 1. The van der Waals surface area contributed by atoms with Gasteiger partial charge in [-0.15, -0.1) is 0 Å². The van der Waals surface area contributed by atoms with Gasteiger partial charge in [-0.3, -0.25) is 4.79 Å². The number of carbonyl (C=O) groups is 2. The Kier molecular flexibility index (Phi) is 5.48. The van der Waals surface area contributed by atoms with Gasteiger partial charge in [0, 0.05) is 12.6 Å². The Morgan fingerprint density at radius 1 is 1.19 bits per heavy atom. The van der Waals surface area contributed by atoms with E-state index in [-0.39, 0.29) is 12.5 Å². The minimum absolute atomic E-state index is 0.0450. The van der Waals surface area contributed by atoms with Gasteiger partial charge in [-0.25, -0.2) is 4.79 Å². The first-order valence-corrected chi connectivity index (χ1v) is 8.37. The first-order valence-electron chi connectivity index (χ1n) is 8.37. The topological polar surface area (TPSA) is 69.6 Å². The molecule has 0 aromatic rings. The number of hydrogen-bond acceptors (Lipinski definition) is 2. The number of carboxylic acids is 1. The number of rotatable bonds is 4. The summed E-state index contributed by atoms with van der Waals surface area (Å²) in [5.74, 6) is -0.817. The maximum absolute atomic E-state index is 12.6. The summed E-state index contributed by atoms with van der Waals surface area (Å²) in [7, 11) is 0. The van der Waals surface area contributed by atoms with E-state index >= 15 is 0 Å². The summed E-state index contributed by atoms with van der Waals surface area (Å²) >= 11 is 0. The monoisotopic (exact) mass is 296 g/mol. The summed E-state index contributed by atoms with van der Waals surface area (Å²) in [5.41, 5.74) is -0.531. The van der Waals surface area contributed by atoms with Gasteiger partial charge in [0.25, 0.3) is 0 Å². The number of likely N-dealkylation sites (tertiary alicyclic amines) is 1. The van der Waals surface area contributed by atoms with Crippen LogP contribution >= 0.6 is 0 Å². The van der Waals surface area contributed by atoms with Crippen molar-refractivity contribution < 1.29 is 14.7 Å². The Balaban J connectivity index is 2.04. The molecule has 1 saturated heterocycles. The van der Waals surface area contributed by atoms with Gasteiger partial charge >= 0.3 is 12.0 Å². The highest BCUT2D eigenvalue weighted by atomic mass is 16.4. The third kappa shape index (κ3) is 4.11. The fourth-order valence-electron chi connectivity index (χ4n) is 3.86. The Labute approximate surface area is 127 Å². The normalized spacial score (nSPS) is 25.4. The molecule has 120 valence electrons. The molecule has 2 rings (SSSR count). The van der Waals surface area contributed by atoms with Crippen LogP contribution in [0, 0.1) is 0 Å². The Morgan fingerprint density at radius 3 is 2.52 bits per heavy atom. The van der Waals surface area contributed by atoms with E-state index in [4.69, 9.17) is 0 Å². The van der Waals surface area contributed by atoms with Gasteiger partial charge in [-0.05, 0) is 38.5 Å². The Hall–Kier alpha value is -1.26. The number of aliphatic carboxylic acids is 1. The van der Waals surface area contributed by atoms with E-state index in [1.165, 1.54) is 6.42 Å². The minimum Gasteiger partial charge on any atom is -0.481 e. The second-order valence-corrected chi connectivity index (χ2v) is 6.59. The van der Waals surface area contributed by atoms with Crippen molar-refractivity contribution in [1.82, 2.24) is 10.2 Å². The first-order chi connectivity index (χ1) is 10.1. The summed E-state index contributed by atoms with van der Waals surface area (Å²) in [5, 5.41) is 12.3. The summed E-state index contributed by atoms with van der Waals surface area (Å²) < 4.78 is 0. The number of urea groups is 1. The van der Waals surface area contributed by atoms with Crippen molar-refractivity contribution in [2.45, 2.75) is 82.7 Å². The molecule has 1 unspecified atom stereocenters. The van der Waals surface area contributed by atoms with Crippen LogP contribution in [0.3, 0.4) is 0 Å². The van der Waals surface area contributed by atoms with E-state index in [2.05, 4.69) is 12.2 Å². The minimum atomic E-state index is -0.817. The lowest BCUT2D eigenvalue weighted by Gasteiger charge is -2.41. The summed E-state index contributed by atoms with van der Waals surface area (Å²) in [6.45, 7) is 2.91. The van der Waals surface area contributed by atoms with Crippen molar-refractivity contribution in [3.05, 3.63) is 0 Å². The lowest BCUT2D eigenvalue weighted by molar-refractivity contribution is -0.139. The molecule has 1 aliphatic heterocycles. The standard InChI is InChI=1S/C16H28N2O3/c1-2-13-8-4-7-11-18(13)15(21)17-16(12-14(19)20)9-5-3-6-10-16/h13H,2-12H2,1H3,(H,17,21)(H,19,20). The highest BCUT2D eigenvalue weighted by Gasteiger charge is 2.38. The average Bonchev–Trinajstić information content (AvgIpc) is 2.47. The van der Waals surface area contributed by atoms with Crippen LogP contribution in [0.2, 0.25) is 0 Å². The van der Waals surface area contributed by atoms with E-state index in [0.717, 1.165) is 57.9 Å². The molecule has 0 aromatic carbocycles. The largest absolute Gasteiger partial charge is 0.481 e. The van der Waals surface area contributed by atoms with Gasteiger partial charge in [0.2, 0.25) is 0 Å². The molecule has 1 aliphatic carbocycles. The summed E-state index contributed by atoms with van der Waals surface area (Å²) in [6.07, 6.45) is 9.04. The molecule has 0 spiro atoms. The van der Waals surface area contributed by atoms with Crippen LogP contribution in [0.25, 0.3) is 0 Å². The number of nitrogens with zero attached hydrogens (tertiary/aromatic N) is 1. The average molecular weight is 296 g/mol. The molecule has 2 amide bonds. The molecule has 1 atom stereocenters. The first kappa shape index (κ1) is 16.1. The van der Waals surface area contributed by atoms with E-state index in [1.54, 1.807) is 0 Å².